The van der Waals surface area contributed by atoms with Crippen LogP contribution in [0.4, 0.5) is 0 Å². The van der Waals surface area contributed by atoms with Crippen molar-refractivity contribution in [2.24, 2.45) is 5.41 Å². The lowest BCUT2D eigenvalue weighted by Gasteiger charge is -2.26. The van der Waals surface area contributed by atoms with Gasteiger partial charge in [0.05, 0.1) is 6.20 Å². The van der Waals surface area contributed by atoms with Crippen molar-refractivity contribution in [1.82, 2.24) is 14.7 Å². The predicted octanol–water partition coefficient (Wildman–Crippen LogP) is 2.05. The Morgan fingerprint density at radius 1 is 1.47 bits per heavy atom. The molecule has 1 heterocycles. The molecule has 0 amide bonds. The summed E-state index contributed by atoms with van der Waals surface area (Å²) in [5.41, 5.74) is -0.0811. The van der Waals surface area contributed by atoms with E-state index in [9.17, 15) is 8.42 Å². The largest absolute Gasteiger partial charge is 0.332 e. The molecule has 1 fully saturated rings. The summed E-state index contributed by atoms with van der Waals surface area (Å²) < 4.78 is 27.0. The molecule has 1 aliphatic carbocycles. The van der Waals surface area contributed by atoms with Gasteiger partial charge in [0.1, 0.15) is 5.82 Å². The fraction of sp³-hybridized carbons (Fsp3) is 0.750. The number of aryl methyl sites for hydroxylation is 1. The second-order valence-corrected chi connectivity index (χ2v) is 7.22. The molecule has 0 spiro atoms. The first kappa shape index (κ1) is 14.8. The van der Waals surface area contributed by atoms with Crippen molar-refractivity contribution >= 4 is 21.6 Å². The molecule has 5 nitrogen and oxygen atoms in total. The van der Waals surface area contributed by atoms with Gasteiger partial charge in [0, 0.05) is 18.8 Å². The van der Waals surface area contributed by atoms with Crippen LogP contribution in [-0.2, 0) is 16.4 Å². The molecule has 19 heavy (non-hydrogen) atoms. The molecule has 0 bridgehead atoms. The van der Waals surface area contributed by atoms with Crippen molar-refractivity contribution in [2.45, 2.75) is 44.1 Å². The highest BCUT2D eigenvalue weighted by Gasteiger charge is 2.34. The minimum absolute atomic E-state index is 0.0811. The van der Waals surface area contributed by atoms with Crippen LogP contribution in [-0.4, -0.2) is 30.8 Å². The quantitative estimate of drug-likeness (QED) is 0.790. The first-order chi connectivity index (χ1) is 9.01. The van der Waals surface area contributed by atoms with E-state index < -0.39 is 10.0 Å². The van der Waals surface area contributed by atoms with Gasteiger partial charge in [0.15, 0.2) is 5.03 Å². The Balaban J connectivity index is 2.05. The zero-order valence-corrected chi connectivity index (χ0v) is 12.6. The molecular weight excluding hydrogens is 286 g/mol. The second-order valence-electron chi connectivity index (χ2n) is 5.21. The summed E-state index contributed by atoms with van der Waals surface area (Å²) in [5.74, 6) is 1.17. The molecule has 0 saturated heterocycles. The van der Waals surface area contributed by atoms with Crippen LogP contribution < -0.4 is 4.72 Å². The number of nitrogens with zero attached hydrogens (tertiary/aromatic N) is 1. The molecule has 1 aliphatic rings. The molecule has 7 heteroatoms. The fourth-order valence-electron chi connectivity index (χ4n) is 2.47. The number of aromatic nitrogens is 2. The molecule has 2 rings (SSSR count). The van der Waals surface area contributed by atoms with Crippen molar-refractivity contribution in [1.29, 1.82) is 0 Å². The van der Waals surface area contributed by atoms with Gasteiger partial charge in [-0.05, 0) is 18.3 Å². The van der Waals surface area contributed by atoms with Gasteiger partial charge in [-0.25, -0.2) is 18.1 Å². The number of aromatic amines is 1. The van der Waals surface area contributed by atoms with E-state index in [1.165, 1.54) is 6.20 Å². The number of hydrogen-bond donors (Lipinski definition) is 2. The zero-order chi connectivity index (χ0) is 13.9. The van der Waals surface area contributed by atoms with Gasteiger partial charge in [-0.1, -0.05) is 19.8 Å². The predicted molar refractivity (Wildman–Crippen MR) is 74.8 cm³/mol. The SMILES string of the molecule is CCc1ncc(S(=O)(=O)NCC2(CCl)CCCC2)[nH]1. The van der Waals surface area contributed by atoms with E-state index in [-0.39, 0.29) is 10.4 Å². The normalized spacial score (nSPS) is 18.8. The number of nitrogens with one attached hydrogen (secondary N) is 2. The number of alkyl halides is 1. The maximum atomic E-state index is 12.2. The number of rotatable bonds is 6. The second kappa shape index (κ2) is 5.81. The Labute approximate surface area is 119 Å². The molecule has 0 atom stereocenters. The topological polar surface area (TPSA) is 74.8 Å². The monoisotopic (exact) mass is 305 g/mol. The van der Waals surface area contributed by atoms with Crippen LogP contribution in [0.3, 0.4) is 0 Å². The summed E-state index contributed by atoms with van der Waals surface area (Å²) in [4.78, 5) is 6.83. The van der Waals surface area contributed by atoms with E-state index >= 15 is 0 Å². The van der Waals surface area contributed by atoms with Crippen LogP contribution in [0.2, 0.25) is 0 Å². The first-order valence-electron chi connectivity index (χ1n) is 6.61. The van der Waals surface area contributed by atoms with Crippen molar-refractivity contribution in [3.63, 3.8) is 0 Å². The summed E-state index contributed by atoms with van der Waals surface area (Å²) in [6.45, 7) is 2.32. The third kappa shape index (κ3) is 3.30. The standard InChI is InChI=1S/C12H20ClN3O2S/c1-2-10-14-7-11(16-10)19(17,18)15-9-12(8-13)5-3-4-6-12/h7,15H,2-6,8-9H2,1H3,(H,14,16). The fourth-order valence-corrected chi connectivity index (χ4v) is 3.93. The Hall–Kier alpha value is -0.590. The van der Waals surface area contributed by atoms with Crippen molar-refractivity contribution < 1.29 is 8.42 Å². The smallest absolute Gasteiger partial charge is 0.257 e. The molecular formula is C12H20ClN3O2S. The van der Waals surface area contributed by atoms with Crippen LogP contribution in [0.25, 0.3) is 0 Å². The summed E-state index contributed by atoms with van der Waals surface area (Å²) in [6, 6.07) is 0. The highest BCUT2D eigenvalue weighted by Crippen LogP contribution is 2.38. The van der Waals surface area contributed by atoms with E-state index in [1.54, 1.807) is 0 Å². The highest BCUT2D eigenvalue weighted by atomic mass is 35.5. The van der Waals surface area contributed by atoms with Gasteiger partial charge < -0.3 is 4.98 Å². The third-order valence-electron chi connectivity index (χ3n) is 3.81. The Kier molecular flexibility index (Phi) is 4.53. The third-order valence-corrected chi connectivity index (χ3v) is 5.69. The summed E-state index contributed by atoms with van der Waals surface area (Å²) >= 11 is 6.01. The molecule has 1 aromatic rings. The first-order valence-corrected chi connectivity index (χ1v) is 8.63. The molecule has 0 aromatic carbocycles. The van der Waals surface area contributed by atoms with E-state index in [0.29, 0.717) is 24.7 Å². The molecule has 108 valence electrons. The van der Waals surface area contributed by atoms with E-state index in [0.717, 1.165) is 25.7 Å². The lowest BCUT2D eigenvalue weighted by molar-refractivity contribution is 0.342. The molecule has 0 unspecified atom stereocenters. The number of halogens is 1. The zero-order valence-electron chi connectivity index (χ0n) is 11.1. The van der Waals surface area contributed by atoms with Gasteiger partial charge in [0.25, 0.3) is 10.0 Å². The van der Waals surface area contributed by atoms with Gasteiger partial charge >= 0.3 is 0 Å². The molecule has 0 radical (unpaired) electrons. The van der Waals surface area contributed by atoms with Crippen LogP contribution >= 0.6 is 11.6 Å². The van der Waals surface area contributed by atoms with Crippen molar-refractivity contribution in [3.05, 3.63) is 12.0 Å². The number of H-pyrrole nitrogens is 1. The Morgan fingerprint density at radius 3 is 2.68 bits per heavy atom. The average Bonchev–Trinajstić information content (AvgIpc) is 3.06. The number of hydrogen-bond acceptors (Lipinski definition) is 3. The Morgan fingerprint density at radius 2 is 2.16 bits per heavy atom. The number of imidazole rings is 1. The lowest BCUT2D eigenvalue weighted by Crippen LogP contribution is -2.37. The van der Waals surface area contributed by atoms with E-state index in [1.807, 2.05) is 6.92 Å². The Bertz CT molecular complexity index is 521. The summed E-state index contributed by atoms with van der Waals surface area (Å²) in [5, 5.41) is 0.132. The van der Waals surface area contributed by atoms with Gasteiger partial charge in [-0.2, -0.15) is 0 Å². The maximum absolute atomic E-state index is 12.2. The van der Waals surface area contributed by atoms with Crippen molar-refractivity contribution in [2.75, 3.05) is 12.4 Å². The minimum atomic E-state index is -3.51. The highest BCUT2D eigenvalue weighted by molar-refractivity contribution is 7.89. The van der Waals surface area contributed by atoms with Gasteiger partial charge in [-0.15, -0.1) is 11.6 Å². The van der Waals surface area contributed by atoms with Crippen LogP contribution in [0, 0.1) is 5.41 Å². The average molecular weight is 306 g/mol. The van der Waals surface area contributed by atoms with E-state index in [2.05, 4.69) is 14.7 Å². The van der Waals surface area contributed by atoms with Crippen LogP contribution in [0.5, 0.6) is 0 Å². The molecule has 0 aliphatic heterocycles. The number of sulfonamides is 1. The van der Waals surface area contributed by atoms with Crippen molar-refractivity contribution in [3.8, 4) is 0 Å². The molecule has 2 N–H and O–H groups in total. The van der Waals surface area contributed by atoms with Crippen LogP contribution in [0.15, 0.2) is 11.2 Å². The van der Waals surface area contributed by atoms with Crippen LogP contribution in [0.1, 0.15) is 38.4 Å². The van der Waals surface area contributed by atoms with E-state index in [4.69, 9.17) is 11.6 Å². The summed E-state index contributed by atoms with van der Waals surface area (Å²) in [7, 11) is -3.51. The van der Waals surface area contributed by atoms with Gasteiger partial charge in [-0.3, -0.25) is 0 Å². The van der Waals surface area contributed by atoms with Gasteiger partial charge in [0.2, 0.25) is 0 Å². The molecule has 1 aromatic heterocycles. The minimum Gasteiger partial charge on any atom is -0.332 e. The maximum Gasteiger partial charge on any atom is 0.257 e. The summed E-state index contributed by atoms with van der Waals surface area (Å²) in [6.07, 6.45) is 6.27. The molecule has 1 saturated carbocycles. The lowest BCUT2D eigenvalue weighted by atomic mass is 9.89.